The van der Waals surface area contributed by atoms with Gasteiger partial charge in [0, 0.05) is 17.7 Å². The number of thiophene rings is 1. The number of non-ortho nitro benzene ring substituents is 1. The van der Waals surface area contributed by atoms with Crippen LogP contribution in [0.2, 0.25) is 4.34 Å². The van der Waals surface area contributed by atoms with Gasteiger partial charge in [-0.25, -0.2) is 4.79 Å². The normalized spacial score (nSPS) is 11.9. The van der Waals surface area contributed by atoms with E-state index in [1.807, 2.05) is 0 Å². The number of aromatic nitrogens is 2. The van der Waals surface area contributed by atoms with Crippen molar-refractivity contribution in [3.05, 3.63) is 61.6 Å². The lowest BCUT2D eigenvalue weighted by Gasteiger charge is -2.07. The van der Waals surface area contributed by atoms with Gasteiger partial charge in [-0.2, -0.15) is 0 Å². The molecular formula is C15H10ClN3O5S. The van der Waals surface area contributed by atoms with E-state index < -0.39 is 17.0 Å². The Hall–Kier alpha value is -2.78. The third kappa shape index (κ3) is 3.83. The van der Waals surface area contributed by atoms with Crippen LogP contribution in [-0.2, 0) is 4.74 Å². The van der Waals surface area contributed by atoms with Crippen LogP contribution in [0.4, 0.5) is 5.69 Å². The van der Waals surface area contributed by atoms with Crippen LogP contribution in [0, 0.1) is 10.1 Å². The molecule has 0 saturated heterocycles. The molecule has 0 N–H and O–H groups in total. The maximum Gasteiger partial charge on any atom is 0.349 e. The summed E-state index contributed by atoms with van der Waals surface area (Å²) < 4.78 is 11.2. The molecule has 0 fully saturated rings. The average Bonchev–Trinajstić information content (AvgIpc) is 3.24. The summed E-state index contributed by atoms with van der Waals surface area (Å²) in [6.45, 7) is 1.60. The zero-order valence-electron chi connectivity index (χ0n) is 12.7. The van der Waals surface area contributed by atoms with Crippen molar-refractivity contribution >= 4 is 34.6 Å². The highest BCUT2D eigenvalue weighted by atomic mass is 35.5. The van der Waals surface area contributed by atoms with Crippen LogP contribution in [0.3, 0.4) is 0 Å². The van der Waals surface area contributed by atoms with Crippen LogP contribution < -0.4 is 0 Å². The number of nitro benzene ring substituents is 1. The first-order chi connectivity index (χ1) is 11.9. The van der Waals surface area contributed by atoms with E-state index in [1.54, 1.807) is 19.1 Å². The lowest BCUT2D eigenvalue weighted by atomic mass is 10.2. The third-order valence-electron chi connectivity index (χ3n) is 3.17. The quantitative estimate of drug-likeness (QED) is 0.369. The third-order valence-corrected chi connectivity index (χ3v) is 4.38. The summed E-state index contributed by atoms with van der Waals surface area (Å²) in [5.74, 6) is -0.254. The summed E-state index contributed by atoms with van der Waals surface area (Å²) in [5.41, 5.74) is 0.480. The monoisotopic (exact) mass is 379 g/mol. The van der Waals surface area contributed by atoms with Crippen LogP contribution in [0.1, 0.15) is 28.6 Å². The van der Waals surface area contributed by atoms with Gasteiger partial charge in [0.25, 0.3) is 11.6 Å². The SMILES string of the molecule is CC(OC(=O)c1ccc(Cl)s1)c1nnc(-c2ccc([N+](=O)[O-])cc2)o1. The number of nitro groups is 1. The van der Waals surface area contributed by atoms with E-state index in [4.69, 9.17) is 20.8 Å². The molecular weight excluding hydrogens is 370 g/mol. The topological polar surface area (TPSA) is 108 Å². The number of hydrogen-bond acceptors (Lipinski definition) is 8. The molecule has 10 heteroatoms. The smallest absolute Gasteiger partial charge is 0.349 e. The number of nitrogens with zero attached hydrogens (tertiary/aromatic N) is 3. The van der Waals surface area contributed by atoms with Gasteiger partial charge >= 0.3 is 5.97 Å². The van der Waals surface area contributed by atoms with Crippen LogP contribution in [0.25, 0.3) is 11.5 Å². The Morgan fingerprint density at radius 2 is 2.00 bits per heavy atom. The fourth-order valence-corrected chi connectivity index (χ4v) is 2.86. The highest BCUT2D eigenvalue weighted by Crippen LogP contribution is 2.27. The number of ether oxygens (including phenoxy) is 1. The highest BCUT2D eigenvalue weighted by molar-refractivity contribution is 7.17. The number of carbonyl (C=O) groups is 1. The molecule has 0 aliphatic heterocycles. The Bertz CT molecular complexity index is 921. The summed E-state index contributed by atoms with van der Waals surface area (Å²) in [5, 5.41) is 18.4. The van der Waals surface area contributed by atoms with Crippen LogP contribution in [-0.4, -0.2) is 21.1 Å². The minimum atomic E-state index is -0.757. The van der Waals surface area contributed by atoms with Gasteiger partial charge in [0.15, 0.2) is 6.10 Å². The maximum absolute atomic E-state index is 12.0. The second-order valence-corrected chi connectivity index (χ2v) is 6.62. The number of rotatable bonds is 5. The maximum atomic E-state index is 12.0. The van der Waals surface area contributed by atoms with Gasteiger partial charge < -0.3 is 9.15 Å². The van der Waals surface area contributed by atoms with E-state index in [2.05, 4.69) is 10.2 Å². The first-order valence-corrected chi connectivity index (χ1v) is 8.18. The second kappa shape index (κ2) is 6.99. The van der Waals surface area contributed by atoms with E-state index >= 15 is 0 Å². The number of benzene rings is 1. The van der Waals surface area contributed by atoms with E-state index in [0.717, 1.165) is 11.3 Å². The number of hydrogen-bond donors (Lipinski definition) is 0. The van der Waals surface area contributed by atoms with Gasteiger partial charge in [-0.1, -0.05) is 11.6 Å². The summed E-state index contributed by atoms with van der Waals surface area (Å²) in [6, 6.07) is 8.84. The largest absolute Gasteiger partial charge is 0.448 e. The zero-order chi connectivity index (χ0) is 18.0. The molecule has 0 bridgehead atoms. The molecule has 2 aromatic heterocycles. The first kappa shape index (κ1) is 17.1. The molecule has 2 heterocycles. The van der Waals surface area contributed by atoms with Crippen molar-refractivity contribution in [1.29, 1.82) is 0 Å². The Morgan fingerprint density at radius 1 is 1.28 bits per heavy atom. The van der Waals surface area contributed by atoms with Crippen molar-refractivity contribution in [3.63, 3.8) is 0 Å². The highest BCUT2D eigenvalue weighted by Gasteiger charge is 2.21. The standard InChI is InChI=1S/C15H10ClN3O5S/c1-8(23-15(20)11-6-7-12(16)25-11)13-17-18-14(24-13)9-2-4-10(5-3-9)19(21)22/h2-8H,1H3. The molecule has 1 aromatic carbocycles. The van der Waals surface area contributed by atoms with E-state index in [9.17, 15) is 14.9 Å². The number of carbonyl (C=O) groups excluding carboxylic acids is 1. The Balaban J connectivity index is 1.72. The average molecular weight is 380 g/mol. The first-order valence-electron chi connectivity index (χ1n) is 6.98. The Morgan fingerprint density at radius 3 is 2.60 bits per heavy atom. The van der Waals surface area contributed by atoms with E-state index in [-0.39, 0.29) is 17.5 Å². The summed E-state index contributed by atoms with van der Waals surface area (Å²) in [7, 11) is 0. The molecule has 1 unspecified atom stereocenters. The molecule has 128 valence electrons. The predicted molar refractivity (Wildman–Crippen MR) is 89.5 cm³/mol. The van der Waals surface area contributed by atoms with E-state index in [0.29, 0.717) is 14.8 Å². The predicted octanol–water partition coefficient (Wildman–Crippen LogP) is 4.28. The number of halogens is 1. The molecule has 0 radical (unpaired) electrons. The van der Waals surface area contributed by atoms with Crippen molar-refractivity contribution < 1.29 is 18.9 Å². The van der Waals surface area contributed by atoms with Crippen LogP contribution >= 0.6 is 22.9 Å². The lowest BCUT2D eigenvalue weighted by Crippen LogP contribution is -2.08. The van der Waals surface area contributed by atoms with Crippen LogP contribution in [0.15, 0.2) is 40.8 Å². The number of esters is 1. The van der Waals surface area contributed by atoms with Crippen molar-refractivity contribution in [1.82, 2.24) is 10.2 Å². The van der Waals surface area contributed by atoms with Gasteiger partial charge in [0.05, 0.1) is 9.26 Å². The minimum Gasteiger partial charge on any atom is -0.448 e. The van der Waals surface area contributed by atoms with Crippen LogP contribution in [0.5, 0.6) is 0 Å². The van der Waals surface area contributed by atoms with Crippen molar-refractivity contribution in [3.8, 4) is 11.5 Å². The molecule has 1 atom stereocenters. The van der Waals surface area contributed by atoms with Crippen molar-refractivity contribution in [2.75, 3.05) is 0 Å². The fraction of sp³-hybridized carbons (Fsp3) is 0.133. The lowest BCUT2D eigenvalue weighted by molar-refractivity contribution is -0.384. The second-order valence-electron chi connectivity index (χ2n) is 4.90. The van der Waals surface area contributed by atoms with Gasteiger partial charge in [-0.3, -0.25) is 10.1 Å². The molecule has 0 aliphatic rings. The zero-order valence-corrected chi connectivity index (χ0v) is 14.3. The molecule has 8 nitrogen and oxygen atoms in total. The van der Waals surface area contributed by atoms with Crippen molar-refractivity contribution in [2.45, 2.75) is 13.0 Å². The molecule has 0 spiro atoms. The molecule has 25 heavy (non-hydrogen) atoms. The molecule has 0 amide bonds. The molecule has 3 aromatic rings. The molecule has 0 saturated carbocycles. The molecule has 0 aliphatic carbocycles. The minimum absolute atomic E-state index is 0.0413. The Kier molecular flexibility index (Phi) is 4.77. The van der Waals surface area contributed by atoms with Gasteiger partial charge in [-0.05, 0) is 31.2 Å². The van der Waals surface area contributed by atoms with Gasteiger partial charge in [-0.15, -0.1) is 21.5 Å². The Labute approximate surface area is 150 Å². The summed E-state index contributed by atoms with van der Waals surface area (Å²) >= 11 is 6.90. The molecule has 3 rings (SSSR count). The van der Waals surface area contributed by atoms with Crippen molar-refractivity contribution in [2.24, 2.45) is 0 Å². The van der Waals surface area contributed by atoms with Gasteiger partial charge in [0.2, 0.25) is 5.89 Å². The summed E-state index contributed by atoms with van der Waals surface area (Å²) in [6.07, 6.45) is -0.757. The van der Waals surface area contributed by atoms with E-state index in [1.165, 1.54) is 24.3 Å². The summed E-state index contributed by atoms with van der Waals surface area (Å²) in [4.78, 5) is 22.5. The fourth-order valence-electron chi connectivity index (χ4n) is 1.93. The van der Waals surface area contributed by atoms with Gasteiger partial charge in [0.1, 0.15) is 4.88 Å².